The van der Waals surface area contributed by atoms with Gasteiger partial charge in [-0.1, -0.05) is 55.1 Å². The van der Waals surface area contributed by atoms with E-state index >= 15 is 0 Å². The molecule has 2 aliphatic rings. The number of hydrogen-bond donors (Lipinski definition) is 0. The van der Waals surface area contributed by atoms with Crippen LogP contribution in [0.15, 0.2) is 90.2 Å². The average molecular weight is 424 g/mol. The Labute approximate surface area is 184 Å². The van der Waals surface area contributed by atoms with Gasteiger partial charge in [0.2, 0.25) is 0 Å². The third-order valence-electron chi connectivity index (χ3n) is 6.28. The van der Waals surface area contributed by atoms with Crippen LogP contribution in [0, 0.1) is 0 Å². The van der Waals surface area contributed by atoms with Crippen molar-refractivity contribution in [2.24, 2.45) is 0 Å². The molecule has 0 N–H and O–H groups in total. The first-order valence-electron chi connectivity index (χ1n) is 10.4. The summed E-state index contributed by atoms with van der Waals surface area (Å²) in [6.45, 7) is 4.26. The van der Waals surface area contributed by atoms with Gasteiger partial charge in [-0.25, -0.2) is 4.98 Å². The number of rotatable bonds is 3. The lowest BCUT2D eigenvalue weighted by Gasteiger charge is -2.28. The van der Waals surface area contributed by atoms with Crippen LogP contribution in [0.2, 0.25) is 0 Å². The molecule has 0 saturated carbocycles. The van der Waals surface area contributed by atoms with Gasteiger partial charge in [0.15, 0.2) is 5.82 Å². The summed E-state index contributed by atoms with van der Waals surface area (Å²) in [7, 11) is 1.60. The maximum Gasteiger partial charge on any atom is 0.266 e. The van der Waals surface area contributed by atoms with E-state index in [1.807, 2.05) is 66.7 Å². The van der Waals surface area contributed by atoms with Crippen LogP contribution in [0.3, 0.4) is 0 Å². The standard InChI is InChI=1S/C26H20N2O4/c1-3-25(17-9-5-4-6-10-17)16-31-26(32-25)20-15-18(30-2)13-14-22(20)28-23(29)19-11-7-8-12-21(19)27-24(26)28/h3-15H,1,16H2,2H3. The molecular formula is C26H20N2O4. The fourth-order valence-electron chi connectivity index (χ4n) is 4.65. The SMILES string of the molecule is C=CC1(c2ccccc2)COC2(O1)c1cc(OC)ccc1-n1c2nc2ccccc2c1=O. The molecule has 6 heteroatoms. The Balaban J connectivity index is 1.66. The molecular weight excluding hydrogens is 404 g/mol. The van der Waals surface area contributed by atoms with Crippen molar-refractivity contribution in [2.45, 2.75) is 11.4 Å². The van der Waals surface area contributed by atoms with Crippen molar-refractivity contribution in [3.8, 4) is 11.4 Å². The molecule has 1 spiro atoms. The summed E-state index contributed by atoms with van der Waals surface area (Å²) >= 11 is 0. The average Bonchev–Trinajstić information content (AvgIpc) is 3.38. The highest BCUT2D eigenvalue weighted by atomic mass is 16.8. The molecule has 2 aliphatic heterocycles. The van der Waals surface area contributed by atoms with Gasteiger partial charge in [-0.05, 0) is 35.9 Å². The van der Waals surface area contributed by atoms with Crippen molar-refractivity contribution in [1.29, 1.82) is 0 Å². The Morgan fingerprint density at radius 2 is 1.88 bits per heavy atom. The van der Waals surface area contributed by atoms with Gasteiger partial charge in [-0.3, -0.25) is 9.36 Å². The van der Waals surface area contributed by atoms with E-state index < -0.39 is 11.4 Å². The van der Waals surface area contributed by atoms with Crippen molar-refractivity contribution in [2.75, 3.05) is 13.7 Å². The van der Waals surface area contributed by atoms with E-state index in [0.29, 0.717) is 33.7 Å². The van der Waals surface area contributed by atoms with E-state index in [9.17, 15) is 4.79 Å². The van der Waals surface area contributed by atoms with Gasteiger partial charge in [-0.15, -0.1) is 0 Å². The fraction of sp³-hybridized carbons (Fsp3) is 0.154. The van der Waals surface area contributed by atoms with E-state index in [1.54, 1.807) is 23.8 Å². The van der Waals surface area contributed by atoms with Crippen molar-refractivity contribution in [1.82, 2.24) is 9.55 Å². The zero-order chi connectivity index (χ0) is 21.9. The van der Waals surface area contributed by atoms with E-state index in [1.165, 1.54) is 0 Å². The molecule has 1 fully saturated rings. The molecule has 158 valence electrons. The molecule has 3 aromatic carbocycles. The number of ether oxygens (including phenoxy) is 3. The fourth-order valence-corrected chi connectivity index (χ4v) is 4.65. The second kappa shape index (κ2) is 6.63. The van der Waals surface area contributed by atoms with Gasteiger partial charge < -0.3 is 14.2 Å². The van der Waals surface area contributed by atoms with Crippen molar-refractivity contribution >= 4 is 10.9 Å². The third-order valence-corrected chi connectivity index (χ3v) is 6.28. The van der Waals surface area contributed by atoms with E-state index in [0.717, 1.165) is 5.56 Å². The lowest BCUT2D eigenvalue weighted by molar-refractivity contribution is -0.159. The predicted molar refractivity (Wildman–Crippen MR) is 120 cm³/mol. The molecule has 6 nitrogen and oxygen atoms in total. The summed E-state index contributed by atoms with van der Waals surface area (Å²) in [6.07, 6.45) is 1.75. The van der Waals surface area contributed by atoms with Gasteiger partial charge in [0.1, 0.15) is 11.4 Å². The van der Waals surface area contributed by atoms with E-state index in [-0.39, 0.29) is 12.2 Å². The molecule has 2 unspecified atom stereocenters. The topological polar surface area (TPSA) is 62.6 Å². The minimum atomic E-state index is -1.38. The Hall–Kier alpha value is -3.74. The lowest BCUT2D eigenvalue weighted by atomic mass is 9.95. The highest BCUT2D eigenvalue weighted by molar-refractivity contribution is 5.79. The van der Waals surface area contributed by atoms with Crippen LogP contribution in [-0.4, -0.2) is 23.3 Å². The molecule has 3 heterocycles. The normalized spacial score (nSPS) is 23.3. The summed E-state index contributed by atoms with van der Waals surface area (Å²) < 4.78 is 20.3. The smallest absolute Gasteiger partial charge is 0.266 e. The van der Waals surface area contributed by atoms with Crippen LogP contribution in [0.5, 0.6) is 5.75 Å². The largest absolute Gasteiger partial charge is 0.497 e. The lowest BCUT2D eigenvalue weighted by Crippen LogP contribution is -2.34. The van der Waals surface area contributed by atoms with Gasteiger partial charge >= 0.3 is 0 Å². The Morgan fingerprint density at radius 1 is 1.09 bits per heavy atom. The van der Waals surface area contributed by atoms with Crippen molar-refractivity contribution in [3.05, 3.63) is 113 Å². The monoisotopic (exact) mass is 424 g/mol. The first-order chi connectivity index (χ1) is 15.6. The molecule has 1 saturated heterocycles. The van der Waals surface area contributed by atoms with Crippen LogP contribution in [0.4, 0.5) is 0 Å². The third kappa shape index (κ3) is 2.36. The van der Waals surface area contributed by atoms with E-state index in [4.69, 9.17) is 19.2 Å². The first-order valence-corrected chi connectivity index (χ1v) is 10.4. The Kier molecular flexibility index (Phi) is 3.93. The van der Waals surface area contributed by atoms with Crippen molar-refractivity contribution in [3.63, 3.8) is 0 Å². The molecule has 0 radical (unpaired) electrons. The molecule has 0 bridgehead atoms. The molecule has 0 amide bonds. The maximum atomic E-state index is 13.5. The summed E-state index contributed by atoms with van der Waals surface area (Å²) in [5.74, 6) is -0.349. The number of hydrogen-bond acceptors (Lipinski definition) is 5. The summed E-state index contributed by atoms with van der Waals surface area (Å²) in [5, 5.41) is 0.533. The van der Waals surface area contributed by atoms with Crippen LogP contribution in [0.25, 0.3) is 16.6 Å². The van der Waals surface area contributed by atoms with Crippen LogP contribution < -0.4 is 10.3 Å². The Bertz CT molecular complexity index is 1450. The van der Waals surface area contributed by atoms with E-state index in [2.05, 4.69) is 6.58 Å². The van der Waals surface area contributed by atoms with Crippen LogP contribution >= 0.6 is 0 Å². The molecule has 32 heavy (non-hydrogen) atoms. The van der Waals surface area contributed by atoms with Gasteiger partial charge in [0.25, 0.3) is 11.3 Å². The number of nitrogens with zero attached hydrogens (tertiary/aromatic N) is 2. The summed E-state index contributed by atoms with van der Waals surface area (Å²) in [6, 6.07) is 22.6. The second-order valence-electron chi connectivity index (χ2n) is 7.94. The highest BCUT2D eigenvalue weighted by Gasteiger charge is 2.59. The van der Waals surface area contributed by atoms with Gasteiger partial charge in [0, 0.05) is 5.56 Å². The highest BCUT2D eigenvalue weighted by Crippen LogP contribution is 2.53. The zero-order valence-electron chi connectivity index (χ0n) is 17.4. The van der Waals surface area contributed by atoms with Crippen molar-refractivity contribution < 1.29 is 14.2 Å². The Morgan fingerprint density at radius 3 is 2.66 bits per heavy atom. The minimum Gasteiger partial charge on any atom is -0.497 e. The molecule has 2 atom stereocenters. The van der Waals surface area contributed by atoms with Crippen LogP contribution in [0.1, 0.15) is 17.0 Å². The minimum absolute atomic E-state index is 0.170. The molecule has 4 aromatic rings. The predicted octanol–water partition coefficient (Wildman–Crippen LogP) is 4.04. The second-order valence-corrected chi connectivity index (χ2v) is 7.94. The maximum absolute atomic E-state index is 13.5. The summed E-state index contributed by atoms with van der Waals surface area (Å²) in [4.78, 5) is 18.4. The summed E-state index contributed by atoms with van der Waals surface area (Å²) in [5.41, 5.74) is 1.77. The van der Waals surface area contributed by atoms with Crippen LogP contribution in [-0.2, 0) is 20.9 Å². The molecule has 0 aliphatic carbocycles. The number of aromatic nitrogens is 2. The zero-order valence-corrected chi connectivity index (χ0v) is 17.4. The number of methoxy groups -OCH3 is 1. The first kappa shape index (κ1) is 19.0. The van der Waals surface area contributed by atoms with Gasteiger partial charge in [0.05, 0.1) is 30.3 Å². The quantitative estimate of drug-likeness (QED) is 0.465. The molecule has 6 rings (SSSR count). The number of para-hydroxylation sites is 1. The number of benzene rings is 3. The number of fused-ring (bicyclic) bond motifs is 6. The van der Waals surface area contributed by atoms with Gasteiger partial charge in [-0.2, -0.15) is 0 Å². The molecule has 1 aromatic heterocycles.